The van der Waals surface area contributed by atoms with E-state index in [-0.39, 0.29) is 29.3 Å². The molecule has 2 aromatic rings. The van der Waals surface area contributed by atoms with Crippen molar-refractivity contribution in [2.45, 2.75) is 25.2 Å². The van der Waals surface area contributed by atoms with Gasteiger partial charge in [-0.2, -0.15) is 4.31 Å². The number of methoxy groups -OCH3 is 2. The molecule has 1 amide bonds. The molecule has 9 nitrogen and oxygen atoms in total. The molecule has 0 unspecified atom stereocenters. The summed E-state index contributed by atoms with van der Waals surface area (Å²) in [7, 11) is -1.12. The number of anilines is 1. The van der Waals surface area contributed by atoms with Gasteiger partial charge in [-0.3, -0.25) is 4.79 Å². The molecule has 3 rings (SSSR count). The number of esters is 1. The number of benzene rings is 1. The molecule has 1 N–H and O–H groups in total. The molecular weight excluding hydrogens is 468 g/mol. The average Bonchev–Trinajstić information content (AvgIpc) is 3.19. The summed E-state index contributed by atoms with van der Waals surface area (Å²) >= 11 is 1.22. The molecule has 1 aliphatic rings. The van der Waals surface area contributed by atoms with E-state index in [1.54, 1.807) is 0 Å². The number of carbonyl (C=O) groups excluding carboxylic acids is 2. The average molecular weight is 497 g/mol. The molecule has 33 heavy (non-hydrogen) atoms. The summed E-state index contributed by atoms with van der Waals surface area (Å²) in [5, 5.41) is 4.90. The Morgan fingerprint density at radius 3 is 2.52 bits per heavy atom. The number of morpholine rings is 1. The highest BCUT2D eigenvalue weighted by Gasteiger charge is 2.29. The van der Waals surface area contributed by atoms with Crippen molar-refractivity contribution in [3.8, 4) is 5.75 Å². The summed E-state index contributed by atoms with van der Waals surface area (Å²) in [5.41, 5.74) is 1.13. The van der Waals surface area contributed by atoms with Crippen molar-refractivity contribution < 1.29 is 32.2 Å². The minimum Gasteiger partial charge on any atom is -0.496 e. The lowest BCUT2D eigenvalue weighted by Gasteiger charge is -2.26. The number of carbonyl (C=O) groups is 2. The highest BCUT2D eigenvalue weighted by molar-refractivity contribution is 7.89. The van der Waals surface area contributed by atoms with E-state index in [1.165, 1.54) is 48.1 Å². The van der Waals surface area contributed by atoms with E-state index in [1.807, 2.05) is 19.2 Å². The molecule has 1 aliphatic heterocycles. The number of ether oxygens (including phenoxy) is 3. The predicted octanol–water partition coefficient (Wildman–Crippen LogP) is 3.02. The predicted molar refractivity (Wildman–Crippen MR) is 125 cm³/mol. The summed E-state index contributed by atoms with van der Waals surface area (Å²) in [6, 6.07) is 4.15. The van der Waals surface area contributed by atoms with Crippen molar-refractivity contribution in [3.05, 3.63) is 40.3 Å². The maximum absolute atomic E-state index is 13.2. The largest absolute Gasteiger partial charge is 0.496 e. The van der Waals surface area contributed by atoms with Gasteiger partial charge in [-0.25, -0.2) is 13.2 Å². The minimum atomic E-state index is -3.80. The number of nitrogens with zero attached hydrogens (tertiary/aromatic N) is 1. The molecule has 180 valence electrons. The second-order valence-electron chi connectivity index (χ2n) is 7.89. The highest BCUT2D eigenvalue weighted by atomic mass is 32.2. The third-order valence-corrected chi connectivity index (χ3v) is 7.97. The minimum absolute atomic E-state index is 0.0183. The van der Waals surface area contributed by atoms with Crippen molar-refractivity contribution >= 4 is 38.2 Å². The lowest BCUT2D eigenvalue weighted by Crippen LogP contribution is -2.40. The van der Waals surface area contributed by atoms with Gasteiger partial charge in [-0.15, -0.1) is 11.3 Å². The van der Waals surface area contributed by atoms with Crippen molar-refractivity contribution in [1.29, 1.82) is 0 Å². The first-order valence-electron chi connectivity index (χ1n) is 10.4. The number of amides is 1. The summed E-state index contributed by atoms with van der Waals surface area (Å²) < 4.78 is 42.9. The van der Waals surface area contributed by atoms with Crippen LogP contribution in [0.5, 0.6) is 5.75 Å². The molecule has 0 bridgehead atoms. The summed E-state index contributed by atoms with van der Waals surface area (Å²) in [6.07, 6.45) is 0.646. The first kappa shape index (κ1) is 25.2. The lowest BCUT2D eigenvalue weighted by molar-refractivity contribution is 0.0601. The molecular formula is C22H28N2O7S2. The van der Waals surface area contributed by atoms with Crippen LogP contribution >= 0.6 is 11.3 Å². The summed E-state index contributed by atoms with van der Waals surface area (Å²) in [5.74, 6) is -0.618. The fourth-order valence-corrected chi connectivity index (χ4v) is 5.93. The van der Waals surface area contributed by atoms with Gasteiger partial charge in [-0.1, -0.05) is 13.8 Å². The van der Waals surface area contributed by atoms with Crippen LogP contribution in [-0.4, -0.2) is 65.1 Å². The van der Waals surface area contributed by atoms with E-state index in [4.69, 9.17) is 14.2 Å². The fourth-order valence-electron chi connectivity index (χ4n) is 3.53. The van der Waals surface area contributed by atoms with Crippen molar-refractivity contribution in [2.75, 3.05) is 45.8 Å². The van der Waals surface area contributed by atoms with E-state index >= 15 is 0 Å². The molecule has 1 saturated heterocycles. The third kappa shape index (κ3) is 5.55. The zero-order valence-corrected chi connectivity index (χ0v) is 20.7. The van der Waals surface area contributed by atoms with Crippen LogP contribution in [0, 0.1) is 5.92 Å². The number of hydrogen-bond donors (Lipinski definition) is 1. The van der Waals surface area contributed by atoms with E-state index < -0.39 is 21.9 Å². The Bertz CT molecular complexity index is 1120. The van der Waals surface area contributed by atoms with Gasteiger partial charge in [0.05, 0.1) is 43.5 Å². The Hall–Kier alpha value is -2.47. The first-order chi connectivity index (χ1) is 15.7. The van der Waals surface area contributed by atoms with Crippen LogP contribution < -0.4 is 10.1 Å². The Morgan fingerprint density at radius 2 is 1.91 bits per heavy atom. The number of thiophene rings is 1. The SMILES string of the molecule is COC(=O)c1c(CC(C)C)csc1NC(=O)c1cc(S(=O)(=O)N2CCOCC2)ccc1OC. The molecule has 11 heteroatoms. The Kier molecular flexibility index (Phi) is 8.11. The van der Waals surface area contributed by atoms with Gasteiger partial charge in [0, 0.05) is 13.1 Å². The number of rotatable bonds is 8. The Labute approximate surface area is 197 Å². The summed E-state index contributed by atoms with van der Waals surface area (Å²) in [4.78, 5) is 25.6. The monoisotopic (exact) mass is 496 g/mol. The zero-order chi connectivity index (χ0) is 24.2. The molecule has 1 aromatic carbocycles. The molecule has 0 saturated carbocycles. The van der Waals surface area contributed by atoms with Crippen LogP contribution in [0.4, 0.5) is 5.00 Å². The van der Waals surface area contributed by atoms with Crippen LogP contribution in [0.15, 0.2) is 28.5 Å². The number of nitrogens with one attached hydrogen (secondary N) is 1. The van der Waals surface area contributed by atoms with Gasteiger partial charge in [0.15, 0.2) is 0 Å². The molecule has 0 aliphatic carbocycles. The Balaban J connectivity index is 1.95. The quantitative estimate of drug-likeness (QED) is 0.559. The van der Waals surface area contributed by atoms with Gasteiger partial charge in [0.25, 0.3) is 5.91 Å². The highest BCUT2D eigenvalue weighted by Crippen LogP contribution is 2.32. The molecule has 0 atom stereocenters. The molecule has 0 spiro atoms. The fraction of sp³-hybridized carbons (Fsp3) is 0.455. The topological polar surface area (TPSA) is 111 Å². The van der Waals surface area contributed by atoms with Crippen LogP contribution in [0.3, 0.4) is 0 Å². The van der Waals surface area contributed by atoms with Crippen LogP contribution in [0.2, 0.25) is 0 Å². The number of hydrogen-bond acceptors (Lipinski definition) is 8. The lowest BCUT2D eigenvalue weighted by atomic mass is 10.0. The van der Waals surface area contributed by atoms with Crippen molar-refractivity contribution in [2.24, 2.45) is 5.92 Å². The standard InChI is InChI=1S/C22H28N2O7S2/c1-14(2)11-15-13-32-21(19(15)22(26)30-4)23-20(25)17-12-16(5-6-18(17)29-3)33(27,28)24-7-9-31-10-8-24/h5-6,12-14H,7-11H2,1-4H3,(H,23,25). The van der Waals surface area contributed by atoms with E-state index in [9.17, 15) is 18.0 Å². The van der Waals surface area contributed by atoms with E-state index in [2.05, 4.69) is 5.32 Å². The van der Waals surface area contributed by atoms with Gasteiger partial charge in [-0.05, 0) is 41.5 Å². The van der Waals surface area contributed by atoms with Gasteiger partial charge in [0.1, 0.15) is 10.8 Å². The summed E-state index contributed by atoms with van der Waals surface area (Å²) in [6.45, 7) is 5.18. The van der Waals surface area contributed by atoms with Gasteiger partial charge in [0.2, 0.25) is 10.0 Å². The second kappa shape index (κ2) is 10.6. The van der Waals surface area contributed by atoms with Crippen LogP contribution in [-0.2, 0) is 25.9 Å². The maximum atomic E-state index is 13.2. The molecule has 1 fully saturated rings. The number of sulfonamides is 1. The van der Waals surface area contributed by atoms with Gasteiger partial charge < -0.3 is 19.5 Å². The molecule has 1 aromatic heterocycles. The van der Waals surface area contributed by atoms with Gasteiger partial charge >= 0.3 is 5.97 Å². The van der Waals surface area contributed by atoms with Crippen LogP contribution in [0.25, 0.3) is 0 Å². The van der Waals surface area contributed by atoms with Crippen molar-refractivity contribution in [1.82, 2.24) is 4.31 Å². The van der Waals surface area contributed by atoms with E-state index in [0.29, 0.717) is 36.1 Å². The third-order valence-electron chi connectivity index (χ3n) is 5.14. The Morgan fingerprint density at radius 1 is 1.21 bits per heavy atom. The molecule has 0 radical (unpaired) electrons. The normalized spacial score (nSPS) is 14.8. The molecule has 2 heterocycles. The maximum Gasteiger partial charge on any atom is 0.341 e. The van der Waals surface area contributed by atoms with Crippen LogP contribution in [0.1, 0.15) is 40.1 Å². The first-order valence-corrected chi connectivity index (χ1v) is 12.8. The van der Waals surface area contributed by atoms with E-state index in [0.717, 1.165) is 5.56 Å². The van der Waals surface area contributed by atoms with Crippen molar-refractivity contribution in [3.63, 3.8) is 0 Å². The second-order valence-corrected chi connectivity index (χ2v) is 10.7. The smallest absolute Gasteiger partial charge is 0.341 e. The zero-order valence-electron chi connectivity index (χ0n) is 19.0.